The van der Waals surface area contributed by atoms with Crippen LogP contribution >= 0.6 is 11.6 Å². The van der Waals surface area contributed by atoms with E-state index in [0.717, 1.165) is 5.56 Å². The molecule has 0 aliphatic heterocycles. The number of H-pyrrole nitrogens is 1. The van der Waals surface area contributed by atoms with Crippen LogP contribution in [0.15, 0.2) is 65.6 Å². The molecular weight excluding hydrogens is 576 g/mol. The number of aromatic nitrogens is 3. The third kappa shape index (κ3) is 8.29. The minimum absolute atomic E-state index is 0.0668. The van der Waals surface area contributed by atoms with Crippen molar-refractivity contribution in [2.75, 3.05) is 19.0 Å². The van der Waals surface area contributed by atoms with E-state index in [1.807, 2.05) is 30.3 Å². The van der Waals surface area contributed by atoms with Crippen molar-refractivity contribution >= 4 is 46.2 Å². The number of amides is 3. The van der Waals surface area contributed by atoms with Crippen LogP contribution in [0.1, 0.15) is 59.5 Å². The van der Waals surface area contributed by atoms with Crippen LogP contribution in [0.2, 0.25) is 5.02 Å². The Labute approximate surface area is 252 Å². The summed E-state index contributed by atoms with van der Waals surface area (Å²) >= 11 is 6.29. The largest absolute Gasteiger partial charge is 0.467 e. The molecule has 0 radical (unpaired) electrons. The average Bonchev–Trinajstić information content (AvgIpc) is 2.96. The Morgan fingerprint density at radius 1 is 1.05 bits per heavy atom. The molecule has 1 atom stereocenters. The fraction of sp³-hybridized carbons (Fsp3) is 0.267. The van der Waals surface area contributed by atoms with E-state index in [2.05, 4.69) is 30.9 Å². The predicted molar refractivity (Wildman–Crippen MR) is 162 cm³/mol. The Kier molecular flexibility index (Phi) is 9.61. The molecule has 3 amide bonds. The van der Waals surface area contributed by atoms with E-state index in [0.29, 0.717) is 11.8 Å². The van der Waals surface area contributed by atoms with Crippen molar-refractivity contribution in [3.05, 3.63) is 92.9 Å². The molecule has 0 spiro atoms. The van der Waals surface area contributed by atoms with Crippen molar-refractivity contribution < 1.29 is 23.9 Å². The number of carbonyl (C=O) groups excluding carboxylic acids is 3. The van der Waals surface area contributed by atoms with Gasteiger partial charge >= 0.3 is 12.1 Å². The first-order valence-electron chi connectivity index (χ1n) is 13.3. The molecule has 43 heavy (non-hydrogen) atoms. The number of nitrogens with zero attached hydrogens (tertiary/aromatic N) is 2. The van der Waals surface area contributed by atoms with E-state index < -0.39 is 35.1 Å². The van der Waals surface area contributed by atoms with Crippen molar-refractivity contribution in [1.29, 1.82) is 0 Å². The molecule has 4 N–H and O–H groups in total. The Morgan fingerprint density at radius 3 is 2.49 bits per heavy atom. The van der Waals surface area contributed by atoms with Gasteiger partial charge in [0.25, 0.3) is 17.4 Å². The number of pyridine rings is 1. The number of aromatic amines is 1. The number of halogens is 1. The molecule has 0 aliphatic rings. The maximum Gasteiger partial charge on any atom is 0.408 e. The number of methoxy groups -OCH3 is 1. The minimum atomic E-state index is -0.739. The number of ether oxygens (including phenoxy) is 2. The monoisotopic (exact) mass is 606 g/mol. The molecule has 2 aromatic heterocycles. The van der Waals surface area contributed by atoms with Crippen LogP contribution in [0, 0.1) is 0 Å². The van der Waals surface area contributed by atoms with Crippen molar-refractivity contribution in [1.82, 2.24) is 25.6 Å². The van der Waals surface area contributed by atoms with Crippen molar-refractivity contribution in [2.45, 2.75) is 38.8 Å². The first-order valence-corrected chi connectivity index (χ1v) is 13.7. The first-order chi connectivity index (χ1) is 20.4. The number of rotatable bonds is 9. The third-order valence-corrected chi connectivity index (χ3v) is 6.42. The Bertz CT molecular complexity index is 1700. The lowest BCUT2D eigenvalue weighted by atomic mass is 10.0. The molecule has 13 heteroatoms. The van der Waals surface area contributed by atoms with Gasteiger partial charge in [0, 0.05) is 23.7 Å². The molecule has 2 aromatic carbocycles. The number of hydrogen-bond donors (Lipinski definition) is 4. The molecule has 0 fully saturated rings. The molecule has 2 heterocycles. The molecule has 0 saturated carbocycles. The zero-order chi connectivity index (χ0) is 31.1. The Morgan fingerprint density at radius 2 is 1.79 bits per heavy atom. The topological polar surface area (TPSA) is 164 Å². The lowest BCUT2D eigenvalue weighted by Crippen LogP contribution is -2.36. The molecule has 0 saturated heterocycles. The highest BCUT2D eigenvalue weighted by atomic mass is 35.5. The lowest BCUT2D eigenvalue weighted by molar-refractivity contribution is 0.0501. The molecular formula is C30H31ClN6O6. The van der Waals surface area contributed by atoms with Crippen LogP contribution in [0.4, 0.5) is 10.5 Å². The van der Waals surface area contributed by atoms with Crippen molar-refractivity contribution in [3.8, 4) is 6.01 Å². The van der Waals surface area contributed by atoms with E-state index in [4.69, 9.17) is 21.1 Å². The highest BCUT2D eigenvalue weighted by Gasteiger charge is 2.21. The zero-order valence-corrected chi connectivity index (χ0v) is 24.7. The molecule has 0 bridgehead atoms. The summed E-state index contributed by atoms with van der Waals surface area (Å²) < 4.78 is 10.4. The van der Waals surface area contributed by atoms with E-state index in [9.17, 15) is 19.2 Å². The highest BCUT2D eigenvalue weighted by molar-refractivity contribution is 6.34. The fourth-order valence-corrected chi connectivity index (χ4v) is 4.25. The number of benzene rings is 2. The van der Waals surface area contributed by atoms with Gasteiger partial charge in [-0.1, -0.05) is 41.9 Å². The number of anilines is 1. The van der Waals surface area contributed by atoms with Gasteiger partial charge in [0.1, 0.15) is 16.8 Å². The molecule has 4 aromatic rings. The number of alkyl carbamates (subject to hydrolysis) is 1. The summed E-state index contributed by atoms with van der Waals surface area (Å²) in [7, 11) is 1.39. The Hall–Kier alpha value is -4.97. The standard InChI is InChI=1S/C30H31ClN6O6/c1-30(2,3)43-29(41)35-22(17-8-6-5-7-9-17)12-13-32-25(38)18-10-11-21(31)23(15-18)34-26(39)20-14-19-16-33-28(42-4)37-24(19)36-27(20)40/h5-11,14-16,22H,12-13H2,1-4H3,(H,32,38)(H,34,39)(H,35,41)(H,33,36,37,40). The molecule has 1 unspecified atom stereocenters. The summed E-state index contributed by atoms with van der Waals surface area (Å²) in [6, 6.07) is 14.7. The first kappa shape index (κ1) is 31.0. The van der Waals surface area contributed by atoms with Gasteiger partial charge in [-0.2, -0.15) is 4.98 Å². The van der Waals surface area contributed by atoms with E-state index in [-0.39, 0.29) is 40.0 Å². The third-order valence-electron chi connectivity index (χ3n) is 6.09. The Balaban J connectivity index is 1.43. The second-order valence-electron chi connectivity index (χ2n) is 10.5. The smallest absolute Gasteiger partial charge is 0.408 e. The summed E-state index contributed by atoms with van der Waals surface area (Å²) in [4.78, 5) is 61.6. The van der Waals surface area contributed by atoms with Crippen LogP contribution in [-0.2, 0) is 4.74 Å². The minimum Gasteiger partial charge on any atom is -0.467 e. The highest BCUT2D eigenvalue weighted by Crippen LogP contribution is 2.24. The van der Waals surface area contributed by atoms with Crippen molar-refractivity contribution in [3.63, 3.8) is 0 Å². The summed E-state index contributed by atoms with van der Waals surface area (Å²) in [5, 5.41) is 8.86. The van der Waals surface area contributed by atoms with Gasteiger partial charge in [-0.3, -0.25) is 14.4 Å². The summed E-state index contributed by atoms with van der Waals surface area (Å²) in [5.41, 5.74) is -0.108. The number of hydrogen-bond acceptors (Lipinski definition) is 8. The second-order valence-corrected chi connectivity index (χ2v) is 10.9. The fourth-order valence-electron chi connectivity index (χ4n) is 4.09. The van der Waals surface area contributed by atoms with Crippen molar-refractivity contribution in [2.24, 2.45) is 0 Å². The molecule has 12 nitrogen and oxygen atoms in total. The quantitative estimate of drug-likeness (QED) is 0.214. The van der Waals surface area contributed by atoms with Gasteiger partial charge in [0.15, 0.2) is 0 Å². The SMILES string of the molecule is COc1ncc2cc(C(=O)Nc3cc(C(=O)NCCC(NC(=O)OC(C)(C)C)c4ccccc4)ccc3Cl)c(=O)[nH]c2n1. The van der Waals surface area contributed by atoms with Crippen LogP contribution in [-0.4, -0.2) is 52.1 Å². The average molecular weight is 607 g/mol. The number of carbonyl (C=O) groups is 3. The van der Waals surface area contributed by atoms with Gasteiger partial charge in [-0.15, -0.1) is 0 Å². The van der Waals surface area contributed by atoms with Gasteiger partial charge in [0.2, 0.25) is 0 Å². The summed E-state index contributed by atoms with van der Waals surface area (Å²) in [5.74, 6) is -1.16. The summed E-state index contributed by atoms with van der Waals surface area (Å²) in [6.45, 7) is 5.55. The van der Waals surface area contributed by atoms with Gasteiger partial charge < -0.3 is 30.4 Å². The number of fused-ring (bicyclic) bond motifs is 1. The van der Waals surface area contributed by atoms with E-state index in [1.54, 1.807) is 20.8 Å². The molecule has 0 aliphatic carbocycles. The van der Waals surface area contributed by atoms with Crippen LogP contribution < -0.4 is 26.2 Å². The number of nitrogens with one attached hydrogen (secondary N) is 4. The zero-order valence-electron chi connectivity index (χ0n) is 24.0. The predicted octanol–water partition coefficient (Wildman–Crippen LogP) is 4.62. The van der Waals surface area contributed by atoms with Gasteiger partial charge in [-0.05, 0) is 57.0 Å². The van der Waals surface area contributed by atoms with Crippen LogP contribution in [0.3, 0.4) is 0 Å². The molecule has 224 valence electrons. The molecule has 4 rings (SSSR count). The maximum absolute atomic E-state index is 13.0. The summed E-state index contributed by atoms with van der Waals surface area (Å²) in [6.07, 6.45) is 1.23. The van der Waals surface area contributed by atoms with Gasteiger partial charge in [0.05, 0.1) is 23.9 Å². The van der Waals surface area contributed by atoms with E-state index in [1.165, 1.54) is 37.6 Å². The van der Waals surface area contributed by atoms with E-state index >= 15 is 0 Å². The maximum atomic E-state index is 13.0. The normalized spacial score (nSPS) is 11.8. The second kappa shape index (κ2) is 13.3. The van der Waals surface area contributed by atoms with Crippen LogP contribution in [0.25, 0.3) is 11.0 Å². The lowest BCUT2D eigenvalue weighted by Gasteiger charge is -2.24. The van der Waals surface area contributed by atoms with Crippen LogP contribution in [0.5, 0.6) is 6.01 Å². The van der Waals surface area contributed by atoms with Gasteiger partial charge in [-0.25, -0.2) is 9.78 Å².